The zero-order valence-corrected chi connectivity index (χ0v) is 18.1. The minimum Gasteiger partial charge on any atom is -0.256 e. The van der Waals surface area contributed by atoms with Crippen molar-refractivity contribution in [2.24, 2.45) is 0 Å². The molecule has 0 fully saturated rings. The fraction of sp³-hybridized carbons (Fsp3) is 0.391. The molecule has 3 aromatic heterocycles. The molecule has 1 aromatic carbocycles. The van der Waals surface area contributed by atoms with Crippen LogP contribution in [-0.4, -0.2) is 40.0 Å². The van der Waals surface area contributed by atoms with Gasteiger partial charge in [-0.25, -0.2) is 9.67 Å². The number of unbranched alkanes of at least 4 members (excludes halogenated alkanes) is 2. The lowest BCUT2D eigenvalue weighted by Crippen LogP contribution is -2.08. The summed E-state index contributed by atoms with van der Waals surface area (Å²) in [5, 5.41) is 16.3. The SMILES string of the molecule is CCCCc1nc(CCCC)n(Cc2ccc(-c3ccccc3-n3cnnn3)nc2)n1. The first kappa shape index (κ1) is 20.8. The summed E-state index contributed by atoms with van der Waals surface area (Å²) in [6.07, 6.45) is 9.94. The molecule has 160 valence electrons. The molecule has 8 heteroatoms. The van der Waals surface area contributed by atoms with Gasteiger partial charge in [0.05, 0.1) is 17.9 Å². The average molecular weight is 417 g/mol. The molecule has 8 nitrogen and oxygen atoms in total. The van der Waals surface area contributed by atoms with Crippen molar-refractivity contribution >= 4 is 0 Å². The second kappa shape index (κ2) is 10.1. The molecule has 4 aromatic rings. The van der Waals surface area contributed by atoms with E-state index in [1.54, 1.807) is 11.0 Å². The summed E-state index contributed by atoms with van der Waals surface area (Å²) in [7, 11) is 0. The summed E-state index contributed by atoms with van der Waals surface area (Å²) in [6.45, 7) is 5.08. The predicted molar refractivity (Wildman–Crippen MR) is 119 cm³/mol. The van der Waals surface area contributed by atoms with Crippen molar-refractivity contribution in [3.8, 4) is 16.9 Å². The maximum Gasteiger partial charge on any atom is 0.150 e. The molecule has 0 aliphatic carbocycles. The van der Waals surface area contributed by atoms with Crippen LogP contribution in [0.3, 0.4) is 0 Å². The Balaban J connectivity index is 1.55. The second-order valence-electron chi connectivity index (χ2n) is 7.63. The molecule has 0 N–H and O–H groups in total. The fourth-order valence-electron chi connectivity index (χ4n) is 3.53. The highest BCUT2D eigenvalue weighted by Gasteiger charge is 2.12. The standard InChI is InChI=1S/C23H28N8/c1-3-5-11-22-26-23(12-6-4-2)30(27-22)16-18-13-14-20(24-15-18)19-9-7-8-10-21(19)31-17-25-28-29-31/h7-10,13-15,17H,3-6,11-12,16H2,1-2H3. The normalized spacial score (nSPS) is 11.2. The summed E-state index contributed by atoms with van der Waals surface area (Å²) in [4.78, 5) is 9.52. The first-order valence-electron chi connectivity index (χ1n) is 11.0. The van der Waals surface area contributed by atoms with Gasteiger partial charge in [-0.05, 0) is 41.0 Å². The monoisotopic (exact) mass is 416 g/mol. The molecular formula is C23H28N8. The maximum atomic E-state index is 4.80. The van der Waals surface area contributed by atoms with E-state index in [4.69, 9.17) is 15.1 Å². The minimum absolute atomic E-state index is 0.681. The summed E-state index contributed by atoms with van der Waals surface area (Å²) in [5.74, 6) is 2.02. The minimum atomic E-state index is 0.681. The second-order valence-corrected chi connectivity index (χ2v) is 7.63. The molecule has 0 saturated carbocycles. The Morgan fingerprint density at radius 2 is 1.77 bits per heavy atom. The highest BCUT2D eigenvalue weighted by molar-refractivity contribution is 5.69. The molecule has 4 rings (SSSR count). The first-order chi connectivity index (χ1) is 15.3. The van der Waals surface area contributed by atoms with Crippen molar-refractivity contribution in [3.63, 3.8) is 0 Å². The Hall–Kier alpha value is -3.42. The molecule has 0 bridgehead atoms. The van der Waals surface area contributed by atoms with Crippen molar-refractivity contribution in [1.29, 1.82) is 0 Å². The van der Waals surface area contributed by atoms with Crippen LogP contribution in [0.15, 0.2) is 48.9 Å². The molecule has 0 radical (unpaired) electrons. The number of para-hydroxylation sites is 1. The Kier molecular flexibility index (Phi) is 6.76. The van der Waals surface area contributed by atoms with Crippen molar-refractivity contribution in [1.82, 2.24) is 40.0 Å². The van der Waals surface area contributed by atoms with E-state index < -0.39 is 0 Å². The molecule has 0 atom stereocenters. The van der Waals surface area contributed by atoms with Gasteiger partial charge in [-0.1, -0.05) is 51.0 Å². The predicted octanol–water partition coefficient (Wildman–Crippen LogP) is 4.05. The van der Waals surface area contributed by atoms with Crippen LogP contribution in [0.4, 0.5) is 0 Å². The Morgan fingerprint density at radius 3 is 2.52 bits per heavy atom. The molecule has 0 aliphatic rings. The van der Waals surface area contributed by atoms with Crippen LogP contribution in [0.2, 0.25) is 0 Å². The van der Waals surface area contributed by atoms with Gasteiger partial charge in [-0.3, -0.25) is 4.98 Å². The number of rotatable bonds is 10. The van der Waals surface area contributed by atoms with Gasteiger partial charge in [0.1, 0.15) is 12.2 Å². The number of aryl methyl sites for hydroxylation is 2. The molecule has 0 spiro atoms. The maximum absolute atomic E-state index is 4.80. The number of hydrogen-bond acceptors (Lipinski definition) is 6. The molecule has 31 heavy (non-hydrogen) atoms. The third kappa shape index (κ3) is 5.02. The fourth-order valence-corrected chi connectivity index (χ4v) is 3.53. The van der Waals surface area contributed by atoms with Crippen molar-refractivity contribution in [3.05, 3.63) is 66.1 Å². The summed E-state index contributed by atoms with van der Waals surface area (Å²) in [6, 6.07) is 12.1. The van der Waals surface area contributed by atoms with E-state index in [9.17, 15) is 0 Å². The first-order valence-corrected chi connectivity index (χ1v) is 11.0. The van der Waals surface area contributed by atoms with Gasteiger partial charge < -0.3 is 0 Å². The molecule has 0 amide bonds. The van der Waals surface area contributed by atoms with E-state index in [1.807, 2.05) is 41.2 Å². The zero-order chi connectivity index (χ0) is 21.5. The van der Waals surface area contributed by atoms with E-state index in [0.717, 1.165) is 72.7 Å². The number of hydrogen-bond donors (Lipinski definition) is 0. The molecule has 0 saturated heterocycles. The number of tetrazole rings is 1. The lowest BCUT2D eigenvalue weighted by atomic mass is 10.1. The van der Waals surface area contributed by atoms with Crippen LogP contribution in [0.1, 0.15) is 56.7 Å². The van der Waals surface area contributed by atoms with Crippen molar-refractivity contribution in [2.75, 3.05) is 0 Å². The molecule has 0 aliphatic heterocycles. The largest absolute Gasteiger partial charge is 0.256 e. The third-order valence-corrected chi connectivity index (χ3v) is 5.23. The highest BCUT2D eigenvalue weighted by atomic mass is 15.5. The van der Waals surface area contributed by atoms with Crippen molar-refractivity contribution in [2.45, 2.75) is 58.9 Å². The van der Waals surface area contributed by atoms with Gasteiger partial charge >= 0.3 is 0 Å². The summed E-state index contributed by atoms with van der Waals surface area (Å²) < 4.78 is 3.70. The molecule has 0 unspecified atom stereocenters. The Morgan fingerprint density at radius 1 is 0.935 bits per heavy atom. The summed E-state index contributed by atoms with van der Waals surface area (Å²) in [5.41, 5.74) is 3.86. The number of benzene rings is 1. The number of aromatic nitrogens is 8. The van der Waals surface area contributed by atoms with Crippen LogP contribution in [0.5, 0.6) is 0 Å². The van der Waals surface area contributed by atoms with Gasteiger partial charge in [0, 0.05) is 24.6 Å². The van der Waals surface area contributed by atoms with E-state index in [2.05, 4.69) is 35.4 Å². The average Bonchev–Trinajstić information content (AvgIpc) is 3.47. The molecule has 3 heterocycles. The van der Waals surface area contributed by atoms with E-state index in [0.29, 0.717) is 6.54 Å². The van der Waals surface area contributed by atoms with Gasteiger partial charge in [0.25, 0.3) is 0 Å². The zero-order valence-electron chi connectivity index (χ0n) is 18.1. The third-order valence-electron chi connectivity index (χ3n) is 5.23. The summed E-state index contributed by atoms with van der Waals surface area (Å²) >= 11 is 0. The number of pyridine rings is 1. The van der Waals surface area contributed by atoms with Crippen LogP contribution < -0.4 is 0 Å². The highest BCUT2D eigenvalue weighted by Crippen LogP contribution is 2.24. The lowest BCUT2D eigenvalue weighted by molar-refractivity contribution is 0.611. The van der Waals surface area contributed by atoms with Gasteiger partial charge in [-0.15, -0.1) is 5.10 Å². The van der Waals surface area contributed by atoms with Gasteiger partial charge in [-0.2, -0.15) is 9.78 Å². The van der Waals surface area contributed by atoms with Gasteiger partial charge in [0.2, 0.25) is 0 Å². The van der Waals surface area contributed by atoms with E-state index in [1.165, 1.54) is 0 Å². The van der Waals surface area contributed by atoms with E-state index in [-0.39, 0.29) is 0 Å². The van der Waals surface area contributed by atoms with E-state index >= 15 is 0 Å². The Labute approximate surface area is 182 Å². The Bertz CT molecular complexity index is 1080. The van der Waals surface area contributed by atoms with Crippen LogP contribution >= 0.6 is 0 Å². The lowest BCUT2D eigenvalue weighted by Gasteiger charge is -2.09. The quantitative estimate of drug-likeness (QED) is 0.388. The topological polar surface area (TPSA) is 87.2 Å². The smallest absolute Gasteiger partial charge is 0.150 e. The number of nitrogens with zero attached hydrogens (tertiary/aromatic N) is 8. The van der Waals surface area contributed by atoms with Crippen molar-refractivity contribution < 1.29 is 0 Å². The van der Waals surface area contributed by atoms with Crippen LogP contribution in [0.25, 0.3) is 16.9 Å². The van der Waals surface area contributed by atoms with Crippen LogP contribution in [-0.2, 0) is 19.4 Å². The van der Waals surface area contributed by atoms with Gasteiger partial charge in [0.15, 0.2) is 5.82 Å². The van der Waals surface area contributed by atoms with Crippen LogP contribution in [0, 0.1) is 0 Å². The molecular weight excluding hydrogens is 388 g/mol.